The van der Waals surface area contributed by atoms with E-state index >= 15 is 0 Å². The summed E-state index contributed by atoms with van der Waals surface area (Å²) in [6.07, 6.45) is -9.88. The number of ether oxygens (including phenoxy) is 1. The van der Waals surface area contributed by atoms with Crippen molar-refractivity contribution in [3.8, 4) is 0 Å². The highest BCUT2D eigenvalue weighted by Crippen LogP contribution is 2.22. The Kier molecular flexibility index (Phi) is 3.07. The van der Waals surface area contributed by atoms with Crippen LogP contribution < -0.4 is 0 Å². The van der Waals surface area contributed by atoms with Gasteiger partial charge in [0.05, 0.1) is 0 Å². The van der Waals surface area contributed by atoms with Crippen molar-refractivity contribution in [2.75, 3.05) is 7.11 Å². The molecule has 0 rings (SSSR count). The molecule has 62 valence electrons. The van der Waals surface area contributed by atoms with Crippen LogP contribution in [0.5, 0.6) is 0 Å². The van der Waals surface area contributed by atoms with Gasteiger partial charge in [-0.1, -0.05) is 0 Å². The maximum atomic E-state index is 11.4. The van der Waals surface area contributed by atoms with Crippen LogP contribution >= 0.6 is 0 Å². The van der Waals surface area contributed by atoms with Crippen LogP contribution in [0.4, 0.5) is 13.2 Å². The van der Waals surface area contributed by atoms with Gasteiger partial charge >= 0.3 is 6.18 Å². The van der Waals surface area contributed by atoms with Crippen molar-refractivity contribution in [1.82, 2.24) is 0 Å². The molecule has 0 fully saturated rings. The third-order valence-electron chi connectivity index (χ3n) is 0.847. The summed E-state index contributed by atoms with van der Waals surface area (Å²) in [5.74, 6) is 0. The largest absolute Gasteiger partial charge is 0.419 e. The third kappa shape index (κ3) is 2.51. The molecule has 0 heterocycles. The van der Waals surface area contributed by atoms with Crippen LogP contribution in [-0.4, -0.2) is 35.9 Å². The van der Waals surface area contributed by atoms with Crippen LogP contribution in [0.3, 0.4) is 0 Å². The van der Waals surface area contributed by atoms with Crippen molar-refractivity contribution in [3.63, 3.8) is 0 Å². The lowest BCUT2D eigenvalue weighted by atomic mass is 10.3. The number of aliphatic hydroxyl groups excluding tert-OH is 2. The van der Waals surface area contributed by atoms with Gasteiger partial charge in [-0.3, -0.25) is 0 Å². The molecule has 0 saturated heterocycles. The maximum Gasteiger partial charge on any atom is 0.419 e. The zero-order valence-corrected chi connectivity index (χ0v) is 5.09. The number of methoxy groups -OCH3 is 1. The molecule has 10 heavy (non-hydrogen) atoms. The second-order valence-electron chi connectivity index (χ2n) is 1.61. The molecular weight excluding hydrogens is 153 g/mol. The number of alkyl halides is 3. The first-order valence-electron chi connectivity index (χ1n) is 2.35. The van der Waals surface area contributed by atoms with E-state index < -0.39 is 18.6 Å². The highest BCUT2D eigenvalue weighted by Gasteiger charge is 2.43. The van der Waals surface area contributed by atoms with Gasteiger partial charge in [0.25, 0.3) is 0 Å². The van der Waals surface area contributed by atoms with E-state index in [0.717, 1.165) is 7.11 Å². The van der Waals surface area contributed by atoms with E-state index in [9.17, 15) is 13.2 Å². The molecule has 0 aliphatic rings. The highest BCUT2D eigenvalue weighted by molar-refractivity contribution is 4.66. The average molecular weight is 160 g/mol. The fourth-order valence-electron chi connectivity index (χ4n) is 0.291. The lowest BCUT2D eigenvalue weighted by Crippen LogP contribution is -2.40. The molecule has 3 nitrogen and oxygen atoms in total. The lowest BCUT2D eigenvalue weighted by Gasteiger charge is -2.18. The van der Waals surface area contributed by atoms with Crippen LogP contribution in [0.2, 0.25) is 0 Å². The van der Waals surface area contributed by atoms with Crippen LogP contribution in [-0.2, 0) is 4.74 Å². The molecule has 0 spiro atoms. The molecular formula is C4H7F3O3. The van der Waals surface area contributed by atoms with Gasteiger partial charge in [0.1, 0.15) is 0 Å². The molecule has 0 radical (unpaired) electrons. The van der Waals surface area contributed by atoms with Gasteiger partial charge in [0.15, 0.2) is 6.29 Å². The van der Waals surface area contributed by atoms with Crippen molar-refractivity contribution in [2.24, 2.45) is 0 Å². The predicted octanol–water partition coefficient (Wildman–Crippen LogP) is -0.126. The smallest absolute Gasteiger partial charge is 0.380 e. The van der Waals surface area contributed by atoms with Crippen molar-refractivity contribution < 1.29 is 28.1 Å². The van der Waals surface area contributed by atoms with Crippen molar-refractivity contribution >= 4 is 0 Å². The fourth-order valence-corrected chi connectivity index (χ4v) is 0.291. The first kappa shape index (κ1) is 9.67. The third-order valence-corrected chi connectivity index (χ3v) is 0.847. The first-order valence-corrected chi connectivity index (χ1v) is 2.35. The zero-order chi connectivity index (χ0) is 8.36. The summed E-state index contributed by atoms with van der Waals surface area (Å²) in [4.78, 5) is 0. The molecule has 2 atom stereocenters. The molecule has 0 aromatic rings. The topological polar surface area (TPSA) is 49.7 Å². The predicted molar refractivity (Wildman–Crippen MR) is 25.1 cm³/mol. The molecule has 6 heteroatoms. The Hall–Kier alpha value is -0.330. The Morgan fingerprint density at radius 3 is 1.80 bits per heavy atom. The summed E-state index contributed by atoms with van der Waals surface area (Å²) >= 11 is 0. The highest BCUT2D eigenvalue weighted by atomic mass is 19.4. The van der Waals surface area contributed by atoms with Gasteiger partial charge in [-0.05, 0) is 0 Å². The van der Waals surface area contributed by atoms with Gasteiger partial charge in [-0.25, -0.2) is 0 Å². The summed E-state index contributed by atoms with van der Waals surface area (Å²) in [7, 11) is 0.861. The van der Waals surface area contributed by atoms with Gasteiger partial charge in [0, 0.05) is 7.11 Å². The number of halogens is 3. The van der Waals surface area contributed by atoms with Crippen molar-refractivity contribution in [1.29, 1.82) is 0 Å². The second kappa shape index (κ2) is 3.18. The monoisotopic (exact) mass is 160 g/mol. The molecule has 0 aliphatic carbocycles. The maximum absolute atomic E-state index is 11.4. The van der Waals surface area contributed by atoms with Crippen molar-refractivity contribution in [3.05, 3.63) is 0 Å². The molecule has 2 unspecified atom stereocenters. The number of aliphatic hydroxyl groups is 2. The lowest BCUT2D eigenvalue weighted by molar-refractivity contribution is -0.272. The summed E-state index contributed by atoms with van der Waals surface area (Å²) in [6, 6.07) is 0. The van der Waals surface area contributed by atoms with E-state index in [2.05, 4.69) is 4.74 Å². The summed E-state index contributed by atoms with van der Waals surface area (Å²) in [5, 5.41) is 16.4. The standard InChI is InChI=1S/C4H7F3O3/c1-10-3(9)2(8)4(5,6)7/h2-3,8-9H,1H3. The molecule has 0 aromatic heterocycles. The Morgan fingerprint density at radius 1 is 1.30 bits per heavy atom. The minimum absolute atomic E-state index is 0.861. The van der Waals surface area contributed by atoms with E-state index in [0.29, 0.717) is 0 Å². The SMILES string of the molecule is COC(O)C(O)C(F)(F)F. The molecule has 0 aliphatic heterocycles. The van der Waals surface area contributed by atoms with Crippen LogP contribution in [0, 0.1) is 0 Å². The summed E-state index contributed by atoms with van der Waals surface area (Å²) in [6.45, 7) is 0. The average Bonchev–Trinajstić information content (AvgIpc) is 1.83. The van der Waals surface area contributed by atoms with Crippen LogP contribution in [0.1, 0.15) is 0 Å². The van der Waals surface area contributed by atoms with E-state index in [4.69, 9.17) is 10.2 Å². The molecule has 0 bridgehead atoms. The minimum Gasteiger partial charge on any atom is -0.380 e. The van der Waals surface area contributed by atoms with Gasteiger partial charge in [-0.2, -0.15) is 13.2 Å². The molecule has 0 aromatic carbocycles. The van der Waals surface area contributed by atoms with E-state index in [1.165, 1.54) is 0 Å². The number of rotatable bonds is 2. The van der Waals surface area contributed by atoms with E-state index in [-0.39, 0.29) is 0 Å². The molecule has 0 saturated carbocycles. The van der Waals surface area contributed by atoms with E-state index in [1.807, 2.05) is 0 Å². The number of hydrogen-bond donors (Lipinski definition) is 2. The number of hydrogen-bond acceptors (Lipinski definition) is 3. The first-order chi connectivity index (χ1) is 4.39. The van der Waals surface area contributed by atoms with Gasteiger partial charge < -0.3 is 14.9 Å². The Bertz CT molecular complexity index is 102. The minimum atomic E-state index is -4.84. The Morgan fingerprint density at radius 2 is 1.70 bits per heavy atom. The summed E-state index contributed by atoms with van der Waals surface area (Å²) < 4.78 is 38.0. The van der Waals surface area contributed by atoms with Crippen LogP contribution in [0.25, 0.3) is 0 Å². The molecule has 0 amide bonds. The fraction of sp³-hybridized carbons (Fsp3) is 1.00. The quantitative estimate of drug-likeness (QED) is 0.553. The zero-order valence-electron chi connectivity index (χ0n) is 5.09. The Balaban J connectivity index is 3.94. The van der Waals surface area contributed by atoms with Crippen LogP contribution in [0.15, 0.2) is 0 Å². The Labute approximate surface area is 55.0 Å². The van der Waals surface area contributed by atoms with Gasteiger partial charge in [0.2, 0.25) is 6.10 Å². The van der Waals surface area contributed by atoms with Gasteiger partial charge in [-0.15, -0.1) is 0 Å². The normalized spacial score (nSPS) is 18.6. The molecule has 2 N–H and O–H groups in total. The van der Waals surface area contributed by atoms with E-state index in [1.54, 1.807) is 0 Å². The van der Waals surface area contributed by atoms with Crippen molar-refractivity contribution in [2.45, 2.75) is 18.6 Å². The summed E-state index contributed by atoms with van der Waals surface area (Å²) in [5.41, 5.74) is 0. The second-order valence-corrected chi connectivity index (χ2v) is 1.61.